The molecule has 0 saturated heterocycles. The molecule has 1 heterocycles. The maximum absolute atomic E-state index is 12.8. The van der Waals surface area contributed by atoms with Crippen molar-refractivity contribution in [1.29, 1.82) is 0 Å². The molecule has 7 heteroatoms. The molecule has 0 saturated carbocycles. The molecule has 3 aromatic rings. The highest BCUT2D eigenvalue weighted by Crippen LogP contribution is 2.30. The summed E-state index contributed by atoms with van der Waals surface area (Å²) < 4.78 is 12.3. The number of fused-ring (bicyclic) bond motifs is 1. The topological polar surface area (TPSA) is 68.5 Å². The summed E-state index contributed by atoms with van der Waals surface area (Å²) in [7, 11) is 1.71. The molecular weight excluding hydrogens is 446 g/mol. The quantitative estimate of drug-likeness (QED) is 0.518. The summed E-state index contributed by atoms with van der Waals surface area (Å²) in [5, 5.41) is 4.02. The summed E-state index contributed by atoms with van der Waals surface area (Å²) in [6.07, 6.45) is 3.85. The molecule has 0 fully saturated rings. The van der Waals surface area contributed by atoms with Gasteiger partial charge in [-0.3, -0.25) is 4.79 Å². The standard InChI is InChI=1S/C23H24BrN3O3/c1-15(29-20-12-6-8-16-7-3-4-11-19(16)20)23(28)27(2)14-21-25-22(26-30-21)17-9-5-10-18(24)13-17/h5-6,8-10,12-13,15H,3-4,7,11,14H2,1-2H3/t15-/m1/s1. The lowest BCUT2D eigenvalue weighted by Gasteiger charge is -2.24. The molecule has 1 aliphatic rings. The first-order chi connectivity index (χ1) is 14.5. The Morgan fingerprint density at radius 3 is 2.87 bits per heavy atom. The van der Waals surface area contributed by atoms with Gasteiger partial charge in [0.25, 0.3) is 5.91 Å². The molecule has 0 radical (unpaired) electrons. The van der Waals surface area contributed by atoms with Gasteiger partial charge in [-0.1, -0.05) is 45.4 Å². The van der Waals surface area contributed by atoms with E-state index in [4.69, 9.17) is 9.26 Å². The van der Waals surface area contributed by atoms with E-state index < -0.39 is 6.10 Å². The predicted molar refractivity (Wildman–Crippen MR) is 117 cm³/mol. The molecule has 4 rings (SSSR count). The molecule has 0 spiro atoms. The molecule has 6 nitrogen and oxygen atoms in total. The Hall–Kier alpha value is -2.67. The van der Waals surface area contributed by atoms with Crippen LogP contribution in [0, 0.1) is 0 Å². The molecule has 1 atom stereocenters. The summed E-state index contributed by atoms with van der Waals surface area (Å²) in [5.41, 5.74) is 3.42. The molecule has 0 N–H and O–H groups in total. The number of aryl methyl sites for hydroxylation is 1. The van der Waals surface area contributed by atoms with Crippen molar-refractivity contribution in [3.05, 3.63) is 64.0 Å². The third-order valence-electron chi connectivity index (χ3n) is 5.30. The Balaban J connectivity index is 1.40. The van der Waals surface area contributed by atoms with Gasteiger partial charge in [0.1, 0.15) is 5.75 Å². The number of amides is 1. The molecule has 1 amide bonds. The third-order valence-corrected chi connectivity index (χ3v) is 5.80. The monoisotopic (exact) mass is 469 g/mol. The number of hydrogen-bond acceptors (Lipinski definition) is 5. The molecule has 0 unspecified atom stereocenters. The minimum absolute atomic E-state index is 0.134. The second-order valence-corrected chi connectivity index (χ2v) is 8.49. The molecular formula is C23H24BrN3O3. The number of ether oxygens (including phenoxy) is 1. The van der Waals surface area contributed by atoms with Crippen molar-refractivity contribution < 1.29 is 14.1 Å². The Morgan fingerprint density at radius 1 is 1.23 bits per heavy atom. The van der Waals surface area contributed by atoms with Gasteiger partial charge in [0.15, 0.2) is 6.10 Å². The van der Waals surface area contributed by atoms with Gasteiger partial charge in [-0.2, -0.15) is 4.98 Å². The summed E-state index contributed by atoms with van der Waals surface area (Å²) in [5.74, 6) is 1.55. The van der Waals surface area contributed by atoms with Gasteiger partial charge in [0.2, 0.25) is 11.7 Å². The lowest BCUT2D eigenvalue weighted by atomic mass is 9.91. The summed E-state index contributed by atoms with van der Waals surface area (Å²) in [6.45, 7) is 2.00. The lowest BCUT2D eigenvalue weighted by molar-refractivity contribution is -0.137. The fraction of sp³-hybridized carbons (Fsp3) is 0.348. The van der Waals surface area contributed by atoms with E-state index in [1.165, 1.54) is 17.5 Å². The van der Waals surface area contributed by atoms with Gasteiger partial charge in [-0.05, 0) is 61.9 Å². The van der Waals surface area contributed by atoms with Crippen LogP contribution in [-0.4, -0.2) is 34.1 Å². The summed E-state index contributed by atoms with van der Waals surface area (Å²) in [4.78, 5) is 18.8. The van der Waals surface area contributed by atoms with E-state index in [0.29, 0.717) is 11.7 Å². The average molecular weight is 470 g/mol. The fourth-order valence-corrected chi connectivity index (χ4v) is 4.15. The lowest BCUT2D eigenvalue weighted by Crippen LogP contribution is -2.37. The van der Waals surface area contributed by atoms with Crippen LogP contribution in [0.25, 0.3) is 11.4 Å². The number of hydrogen-bond donors (Lipinski definition) is 0. The number of carbonyl (C=O) groups excluding carboxylic acids is 1. The largest absolute Gasteiger partial charge is 0.481 e. The van der Waals surface area contributed by atoms with Crippen molar-refractivity contribution >= 4 is 21.8 Å². The Kier molecular flexibility index (Phi) is 6.18. The van der Waals surface area contributed by atoms with Crippen molar-refractivity contribution in [2.75, 3.05) is 7.05 Å². The van der Waals surface area contributed by atoms with Crippen LogP contribution in [0.2, 0.25) is 0 Å². The van der Waals surface area contributed by atoms with Crippen molar-refractivity contribution in [2.45, 2.75) is 45.3 Å². The average Bonchev–Trinajstić information content (AvgIpc) is 3.22. The van der Waals surface area contributed by atoms with Crippen LogP contribution in [0.15, 0.2) is 51.5 Å². The van der Waals surface area contributed by atoms with E-state index in [1.807, 2.05) is 36.4 Å². The van der Waals surface area contributed by atoms with Crippen LogP contribution in [0.5, 0.6) is 5.75 Å². The van der Waals surface area contributed by atoms with Crippen LogP contribution >= 0.6 is 15.9 Å². The number of likely N-dealkylation sites (N-methyl/N-ethyl adjacent to an activating group) is 1. The Morgan fingerprint density at radius 2 is 2.03 bits per heavy atom. The Labute approximate surface area is 184 Å². The number of aromatic nitrogens is 2. The molecule has 0 bridgehead atoms. The number of nitrogens with zero attached hydrogens (tertiary/aromatic N) is 3. The van der Waals surface area contributed by atoms with Crippen LogP contribution < -0.4 is 4.74 Å². The first-order valence-corrected chi connectivity index (χ1v) is 10.9. The zero-order valence-corrected chi connectivity index (χ0v) is 18.7. The van der Waals surface area contributed by atoms with Gasteiger partial charge in [0.05, 0.1) is 6.54 Å². The van der Waals surface area contributed by atoms with E-state index in [2.05, 4.69) is 32.1 Å². The molecule has 0 aliphatic heterocycles. The second kappa shape index (κ2) is 9.00. The summed E-state index contributed by atoms with van der Waals surface area (Å²) >= 11 is 3.44. The van der Waals surface area contributed by atoms with Gasteiger partial charge < -0.3 is 14.2 Å². The van der Waals surface area contributed by atoms with Crippen molar-refractivity contribution in [1.82, 2.24) is 15.0 Å². The Bertz CT molecular complexity index is 1050. The van der Waals surface area contributed by atoms with Crippen molar-refractivity contribution in [3.8, 4) is 17.1 Å². The molecule has 30 heavy (non-hydrogen) atoms. The fourth-order valence-electron chi connectivity index (χ4n) is 3.75. The maximum atomic E-state index is 12.8. The molecule has 156 valence electrons. The van der Waals surface area contributed by atoms with E-state index >= 15 is 0 Å². The van der Waals surface area contributed by atoms with Gasteiger partial charge >= 0.3 is 0 Å². The van der Waals surface area contributed by atoms with E-state index in [1.54, 1.807) is 18.9 Å². The van der Waals surface area contributed by atoms with E-state index in [9.17, 15) is 4.79 Å². The molecule has 1 aliphatic carbocycles. The van der Waals surface area contributed by atoms with E-state index in [0.717, 1.165) is 35.0 Å². The van der Waals surface area contributed by atoms with Gasteiger partial charge in [-0.25, -0.2) is 0 Å². The highest BCUT2D eigenvalue weighted by Gasteiger charge is 2.23. The third kappa shape index (κ3) is 4.56. The zero-order valence-electron chi connectivity index (χ0n) is 17.1. The number of benzene rings is 2. The van der Waals surface area contributed by atoms with E-state index in [-0.39, 0.29) is 12.5 Å². The highest BCUT2D eigenvalue weighted by molar-refractivity contribution is 9.10. The predicted octanol–water partition coefficient (Wildman–Crippen LogP) is 4.80. The number of halogens is 1. The second-order valence-electron chi connectivity index (χ2n) is 7.58. The van der Waals surface area contributed by atoms with Gasteiger partial charge in [-0.15, -0.1) is 0 Å². The van der Waals surface area contributed by atoms with Crippen molar-refractivity contribution in [2.24, 2.45) is 0 Å². The number of rotatable bonds is 6. The minimum atomic E-state index is -0.601. The first kappa shape index (κ1) is 20.6. The summed E-state index contributed by atoms with van der Waals surface area (Å²) in [6, 6.07) is 13.8. The number of carbonyl (C=O) groups is 1. The van der Waals surface area contributed by atoms with Crippen molar-refractivity contribution in [3.63, 3.8) is 0 Å². The van der Waals surface area contributed by atoms with Gasteiger partial charge in [0, 0.05) is 17.1 Å². The minimum Gasteiger partial charge on any atom is -0.481 e. The SMILES string of the molecule is C[C@@H](Oc1cccc2c1CCCC2)C(=O)N(C)Cc1nc(-c2cccc(Br)c2)no1. The van der Waals surface area contributed by atoms with Crippen LogP contribution in [0.1, 0.15) is 36.8 Å². The highest BCUT2D eigenvalue weighted by atomic mass is 79.9. The molecule has 2 aromatic carbocycles. The first-order valence-electron chi connectivity index (χ1n) is 10.1. The zero-order chi connectivity index (χ0) is 21.1. The van der Waals surface area contributed by atoms with Crippen LogP contribution in [0.3, 0.4) is 0 Å². The normalized spacial score (nSPS) is 14.1. The molecule has 1 aromatic heterocycles. The van der Waals surface area contributed by atoms with Crippen LogP contribution in [0.4, 0.5) is 0 Å². The maximum Gasteiger partial charge on any atom is 0.263 e. The smallest absolute Gasteiger partial charge is 0.263 e. The van der Waals surface area contributed by atoms with Crippen LogP contribution in [-0.2, 0) is 24.2 Å².